The van der Waals surface area contributed by atoms with Crippen LogP contribution in [0.25, 0.3) is 0 Å². The molecule has 6 nitrogen and oxygen atoms in total. The molecule has 0 aliphatic carbocycles. The van der Waals surface area contributed by atoms with Crippen molar-refractivity contribution in [3.05, 3.63) is 76.7 Å². The molecule has 2 aliphatic heterocycles. The monoisotopic (exact) mass is 551 g/mol. The Bertz CT molecular complexity index is 1360. The van der Waals surface area contributed by atoms with Crippen molar-refractivity contribution in [1.29, 1.82) is 0 Å². The van der Waals surface area contributed by atoms with Crippen LogP contribution in [-0.2, 0) is 19.8 Å². The van der Waals surface area contributed by atoms with E-state index in [4.69, 9.17) is 0 Å². The van der Waals surface area contributed by atoms with E-state index in [2.05, 4.69) is 5.10 Å². The minimum Gasteiger partial charge on any atom is -0.369 e. The molecule has 1 saturated heterocycles. The van der Waals surface area contributed by atoms with Crippen LogP contribution >= 0.6 is 0 Å². The van der Waals surface area contributed by atoms with Gasteiger partial charge in [-0.25, -0.2) is 18.0 Å². The van der Waals surface area contributed by atoms with E-state index in [1.165, 1.54) is 39.9 Å². The van der Waals surface area contributed by atoms with Gasteiger partial charge in [0.1, 0.15) is 5.82 Å². The first-order valence-electron chi connectivity index (χ1n) is 12.6. The average Bonchev–Trinajstić information content (AvgIpc) is 3.28. The van der Waals surface area contributed by atoms with Gasteiger partial charge in [0.25, 0.3) is 6.43 Å². The van der Waals surface area contributed by atoms with E-state index < -0.39 is 36.1 Å². The van der Waals surface area contributed by atoms with Crippen LogP contribution in [0.1, 0.15) is 54.5 Å². The van der Waals surface area contributed by atoms with E-state index in [0.29, 0.717) is 24.2 Å². The summed E-state index contributed by atoms with van der Waals surface area (Å²) in [4.78, 5) is 18.3. The Balaban J connectivity index is 1.43. The van der Waals surface area contributed by atoms with Crippen molar-refractivity contribution in [2.45, 2.75) is 51.0 Å². The van der Waals surface area contributed by atoms with E-state index in [0.717, 1.165) is 12.1 Å². The SMILES string of the molecule is C[C@H]1c2cn(C)nc2N(Cc2ccccc2C(F)(F)F)C(=O)N1C1CCN(c2c(F)cccc2C(F)F)CC1. The molecule has 3 heterocycles. The summed E-state index contributed by atoms with van der Waals surface area (Å²) in [5.41, 5.74) is -0.709. The number of anilines is 2. The maximum atomic E-state index is 14.6. The predicted octanol–water partition coefficient (Wildman–Crippen LogP) is 6.69. The first kappa shape index (κ1) is 26.9. The van der Waals surface area contributed by atoms with Crippen LogP contribution in [0.2, 0.25) is 0 Å². The molecule has 3 aromatic rings. The zero-order valence-electron chi connectivity index (χ0n) is 21.3. The molecular formula is C27H27F6N5O. The van der Waals surface area contributed by atoms with Gasteiger partial charge < -0.3 is 9.80 Å². The number of carbonyl (C=O) groups excluding carboxylic acids is 1. The van der Waals surface area contributed by atoms with Crippen LogP contribution in [-0.4, -0.2) is 39.8 Å². The van der Waals surface area contributed by atoms with Crippen molar-refractivity contribution in [2.75, 3.05) is 22.9 Å². The number of para-hydroxylation sites is 1. The first-order valence-corrected chi connectivity index (χ1v) is 12.6. The smallest absolute Gasteiger partial charge is 0.369 e. The summed E-state index contributed by atoms with van der Waals surface area (Å²) in [7, 11) is 1.68. The molecule has 39 heavy (non-hydrogen) atoms. The third kappa shape index (κ3) is 4.92. The van der Waals surface area contributed by atoms with Crippen LogP contribution < -0.4 is 9.80 Å². The Kier molecular flexibility index (Phi) is 6.98. The van der Waals surface area contributed by atoms with Gasteiger partial charge in [0.05, 0.1) is 23.8 Å². The van der Waals surface area contributed by atoms with Gasteiger partial charge in [0, 0.05) is 43.5 Å². The van der Waals surface area contributed by atoms with Crippen LogP contribution in [0.15, 0.2) is 48.7 Å². The highest BCUT2D eigenvalue weighted by atomic mass is 19.4. The minimum atomic E-state index is -4.59. The Labute approximate surface area is 221 Å². The quantitative estimate of drug-likeness (QED) is 0.332. The highest BCUT2D eigenvalue weighted by Gasteiger charge is 2.43. The Hall–Kier alpha value is -3.70. The molecule has 2 aromatic carbocycles. The Morgan fingerprint density at radius 3 is 2.41 bits per heavy atom. The second-order valence-corrected chi connectivity index (χ2v) is 9.89. The zero-order chi connectivity index (χ0) is 28.1. The summed E-state index contributed by atoms with van der Waals surface area (Å²) in [6, 6.07) is 7.47. The first-order chi connectivity index (χ1) is 18.5. The topological polar surface area (TPSA) is 44.6 Å². The number of halogens is 6. The number of hydrogen-bond donors (Lipinski definition) is 0. The van der Waals surface area contributed by atoms with Gasteiger partial charge in [-0.3, -0.25) is 9.58 Å². The van der Waals surface area contributed by atoms with Gasteiger partial charge in [0.2, 0.25) is 0 Å². The van der Waals surface area contributed by atoms with Crippen LogP contribution in [0.5, 0.6) is 0 Å². The lowest BCUT2D eigenvalue weighted by Gasteiger charge is -2.46. The lowest BCUT2D eigenvalue weighted by atomic mass is 9.96. The normalized spacial score (nSPS) is 18.7. The number of benzene rings is 2. The lowest BCUT2D eigenvalue weighted by Crippen LogP contribution is -2.55. The predicted molar refractivity (Wildman–Crippen MR) is 133 cm³/mol. The average molecular weight is 552 g/mol. The fourth-order valence-corrected chi connectivity index (χ4v) is 5.67. The maximum absolute atomic E-state index is 14.6. The van der Waals surface area contributed by atoms with Gasteiger partial charge in [-0.2, -0.15) is 18.3 Å². The highest BCUT2D eigenvalue weighted by Crippen LogP contribution is 2.41. The maximum Gasteiger partial charge on any atom is 0.416 e. The number of aromatic nitrogens is 2. The van der Waals surface area contributed by atoms with Gasteiger partial charge in [-0.05, 0) is 37.5 Å². The molecule has 0 radical (unpaired) electrons. The molecular weight excluding hydrogens is 524 g/mol. The Morgan fingerprint density at radius 1 is 1.05 bits per heavy atom. The number of rotatable bonds is 5. The number of amides is 2. The molecule has 1 aromatic heterocycles. The molecule has 5 rings (SSSR count). The number of piperidine rings is 1. The third-order valence-electron chi connectivity index (χ3n) is 7.49. The largest absolute Gasteiger partial charge is 0.416 e. The fourth-order valence-electron chi connectivity index (χ4n) is 5.67. The number of aryl methyl sites for hydroxylation is 1. The molecule has 0 saturated carbocycles. The van der Waals surface area contributed by atoms with Gasteiger partial charge >= 0.3 is 12.2 Å². The summed E-state index contributed by atoms with van der Waals surface area (Å²) < 4.78 is 84.3. The zero-order valence-corrected chi connectivity index (χ0v) is 21.3. The summed E-state index contributed by atoms with van der Waals surface area (Å²) in [5, 5.41) is 4.38. The lowest BCUT2D eigenvalue weighted by molar-refractivity contribution is -0.138. The van der Waals surface area contributed by atoms with Gasteiger partial charge in [-0.1, -0.05) is 30.3 Å². The van der Waals surface area contributed by atoms with Crippen molar-refractivity contribution in [3.63, 3.8) is 0 Å². The van der Waals surface area contributed by atoms with E-state index in [1.54, 1.807) is 23.0 Å². The van der Waals surface area contributed by atoms with Crippen molar-refractivity contribution < 1.29 is 31.1 Å². The number of hydrogen-bond acceptors (Lipinski definition) is 3. The molecule has 12 heteroatoms. The summed E-state index contributed by atoms with van der Waals surface area (Å²) in [5.74, 6) is -0.434. The molecule has 2 amide bonds. The van der Waals surface area contributed by atoms with E-state index in [9.17, 15) is 31.1 Å². The second kappa shape index (κ2) is 10.1. The van der Waals surface area contributed by atoms with Crippen molar-refractivity contribution in [1.82, 2.24) is 14.7 Å². The number of urea groups is 1. The standard InChI is InChI=1S/C27H27F6N5O/c1-16-20-15-35(2)34-25(20)37(14-17-6-3-4-8-21(17)27(31,32)33)26(39)38(16)18-10-12-36(13-11-18)23-19(24(29)30)7-5-9-22(23)28/h3-9,15-16,18,24H,10-14H2,1-2H3/t16-/m0/s1. The number of nitrogens with zero attached hydrogens (tertiary/aromatic N) is 5. The van der Waals surface area contributed by atoms with Crippen molar-refractivity contribution in [3.8, 4) is 0 Å². The van der Waals surface area contributed by atoms with Gasteiger partial charge in [0.15, 0.2) is 5.82 Å². The van der Waals surface area contributed by atoms with Crippen LogP contribution in [0.4, 0.5) is 42.6 Å². The summed E-state index contributed by atoms with van der Waals surface area (Å²) >= 11 is 0. The Morgan fingerprint density at radius 2 is 1.74 bits per heavy atom. The highest BCUT2D eigenvalue weighted by molar-refractivity contribution is 5.94. The summed E-state index contributed by atoms with van der Waals surface area (Å²) in [6.07, 6.45) is -4.95. The van der Waals surface area contributed by atoms with Crippen LogP contribution in [0.3, 0.4) is 0 Å². The molecule has 0 unspecified atom stereocenters. The molecule has 2 aliphatic rings. The molecule has 208 valence electrons. The number of carbonyl (C=O) groups is 1. The van der Waals surface area contributed by atoms with E-state index in [-0.39, 0.29) is 42.5 Å². The molecule has 1 fully saturated rings. The second-order valence-electron chi connectivity index (χ2n) is 9.89. The number of alkyl halides is 5. The third-order valence-corrected chi connectivity index (χ3v) is 7.49. The molecule has 0 N–H and O–H groups in total. The fraction of sp³-hybridized carbons (Fsp3) is 0.407. The molecule has 1 atom stereocenters. The van der Waals surface area contributed by atoms with E-state index in [1.807, 2.05) is 6.92 Å². The summed E-state index contributed by atoms with van der Waals surface area (Å²) in [6.45, 7) is 1.97. The van der Waals surface area contributed by atoms with Crippen LogP contribution in [0, 0.1) is 5.82 Å². The molecule has 0 bridgehead atoms. The van der Waals surface area contributed by atoms with Crippen molar-refractivity contribution >= 4 is 17.5 Å². The minimum absolute atomic E-state index is 0.0571. The number of fused-ring (bicyclic) bond motifs is 1. The molecule has 0 spiro atoms. The van der Waals surface area contributed by atoms with Gasteiger partial charge in [-0.15, -0.1) is 0 Å². The van der Waals surface area contributed by atoms with Crippen molar-refractivity contribution in [2.24, 2.45) is 7.05 Å². The van der Waals surface area contributed by atoms with E-state index >= 15 is 0 Å².